The SMILES string of the molecule is Cc1ccc(CC(=O)N2CCCN(C(=O)c3ccccn3)CC2)cc1. The highest BCUT2D eigenvalue weighted by Crippen LogP contribution is 2.11. The van der Waals surface area contributed by atoms with Crippen LogP contribution >= 0.6 is 0 Å². The number of aromatic nitrogens is 1. The van der Waals surface area contributed by atoms with Crippen LogP contribution in [0.5, 0.6) is 0 Å². The number of rotatable bonds is 3. The van der Waals surface area contributed by atoms with Crippen LogP contribution in [0, 0.1) is 6.92 Å². The van der Waals surface area contributed by atoms with Crippen molar-refractivity contribution in [1.29, 1.82) is 0 Å². The number of benzene rings is 1. The van der Waals surface area contributed by atoms with Crippen LogP contribution in [-0.4, -0.2) is 52.8 Å². The van der Waals surface area contributed by atoms with Crippen LogP contribution in [-0.2, 0) is 11.2 Å². The highest BCUT2D eigenvalue weighted by molar-refractivity contribution is 5.92. The largest absolute Gasteiger partial charge is 0.341 e. The van der Waals surface area contributed by atoms with Crippen LogP contribution < -0.4 is 0 Å². The molecule has 2 amide bonds. The molecule has 1 aromatic carbocycles. The highest BCUT2D eigenvalue weighted by Gasteiger charge is 2.23. The molecule has 2 aromatic rings. The molecule has 1 aliphatic rings. The monoisotopic (exact) mass is 337 g/mol. The molecule has 0 spiro atoms. The maximum Gasteiger partial charge on any atom is 0.272 e. The van der Waals surface area contributed by atoms with Crippen molar-refractivity contribution in [2.75, 3.05) is 26.2 Å². The molecule has 5 nitrogen and oxygen atoms in total. The van der Waals surface area contributed by atoms with Gasteiger partial charge in [-0.05, 0) is 31.0 Å². The van der Waals surface area contributed by atoms with Crippen molar-refractivity contribution < 1.29 is 9.59 Å². The summed E-state index contributed by atoms with van der Waals surface area (Å²) in [5.41, 5.74) is 2.68. The first-order valence-corrected chi connectivity index (χ1v) is 8.67. The smallest absolute Gasteiger partial charge is 0.272 e. The fraction of sp³-hybridized carbons (Fsp3) is 0.350. The van der Waals surface area contributed by atoms with Crippen molar-refractivity contribution in [3.05, 3.63) is 65.5 Å². The molecule has 0 aliphatic carbocycles. The third kappa shape index (κ3) is 4.44. The standard InChI is InChI=1S/C20H23N3O2/c1-16-6-8-17(9-7-16)15-19(24)22-11-4-12-23(14-13-22)20(25)18-5-2-3-10-21-18/h2-3,5-10H,4,11-15H2,1H3. The molecule has 0 bridgehead atoms. The van der Waals surface area contributed by atoms with Gasteiger partial charge < -0.3 is 9.80 Å². The molecule has 25 heavy (non-hydrogen) atoms. The lowest BCUT2D eigenvalue weighted by atomic mass is 10.1. The van der Waals surface area contributed by atoms with E-state index in [-0.39, 0.29) is 11.8 Å². The van der Waals surface area contributed by atoms with Gasteiger partial charge in [-0.2, -0.15) is 0 Å². The summed E-state index contributed by atoms with van der Waals surface area (Å²) in [6, 6.07) is 13.4. The second-order valence-corrected chi connectivity index (χ2v) is 6.40. The van der Waals surface area contributed by atoms with E-state index in [0.717, 1.165) is 12.0 Å². The van der Waals surface area contributed by atoms with E-state index >= 15 is 0 Å². The van der Waals surface area contributed by atoms with Gasteiger partial charge in [0.2, 0.25) is 5.91 Å². The maximum absolute atomic E-state index is 12.6. The lowest BCUT2D eigenvalue weighted by Gasteiger charge is -2.22. The molecule has 2 heterocycles. The summed E-state index contributed by atoms with van der Waals surface area (Å²) in [7, 11) is 0. The Morgan fingerprint density at radius 2 is 1.68 bits per heavy atom. The van der Waals surface area contributed by atoms with Crippen LogP contribution in [0.3, 0.4) is 0 Å². The average molecular weight is 337 g/mol. The summed E-state index contributed by atoms with van der Waals surface area (Å²) in [5.74, 6) is 0.0596. The Hall–Kier alpha value is -2.69. The molecule has 5 heteroatoms. The zero-order chi connectivity index (χ0) is 17.6. The van der Waals surface area contributed by atoms with Gasteiger partial charge in [-0.15, -0.1) is 0 Å². The van der Waals surface area contributed by atoms with Gasteiger partial charge in [-0.3, -0.25) is 14.6 Å². The first kappa shape index (κ1) is 17.1. The van der Waals surface area contributed by atoms with Crippen LogP contribution in [0.25, 0.3) is 0 Å². The van der Waals surface area contributed by atoms with Crippen LogP contribution in [0.1, 0.15) is 28.0 Å². The molecule has 0 atom stereocenters. The zero-order valence-corrected chi connectivity index (χ0v) is 14.5. The Morgan fingerprint density at radius 1 is 0.960 bits per heavy atom. The van der Waals surface area contributed by atoms with E-state index in [1.54, 1.807) is 23.2 Å². The van der Waals surface area contributed by atoms with Gasteiger partial charge in [0.05, 0.1) is 6.42 Å². The summed E-state index contributed by atoms with van der Waals surface area (Å²) in [6.07, 6.45) is 2.83. The van der Waals surface area contributed by atoms with Crippen molar-refractivity contribution in [1.82, 2.24) is 14.8 Å². The molecule has 1 aliphatic heterocycles. The van der Waals surface area contributed by atoms with Gasteiger partial charge in [0.15, 0.2) is 0 Å². The molecule has 130 valence electrons. The Morgan fingerprint density at radius 3 is 2.40 bits per heavy atom. The van der Waals surface area contributed by atoms with Crippen molar-refractivity contribution in [2.24, 2.45) is 0 Å². The summed E-state index contributed by atoms with van der Waals surface area (Å²) < 4.78 is 0. The van der Waals surface area contributed by atoms with E-state index in [1.165, 1.54) is 5.56 Å². The van der Waals surface area contributed by atoms with E-state index in [0.29, 0.717) is 38.3 Å². The topological polar surface area (TPSA) is 53.5 Å². The second kappa shape index (κ2) is 7.92. The van der Waals surface area contributed by atoms with Crippen LogP contribution in [0.4, 0.5) is 0 Å². The van der Waals surface area contributed by atoms with Gasteiger partial charge in [0, 0.05) is 32.4 Å². The fourth-order valence-electron chi connectivity index (χ4n) is 3.01. The molecule has 1 fully saturated rings. The Balaban J connectivity index is 1.58. The fourth-order valence-corrected chi connectivity index (χ4v) is 3.01. The molecule has 0 saturated carbocycles. The molecular formula is C20H23N3O2. The molecule has 3 rings (SSSR count). The van der Waals surface area contributed by atoms with E-state index in [2.05, 4.69) is 4.98 Å². The Labute approximate surface area is 148 Å². The molecule has 0 unspecified atom stereocenters. The molecular weight excluding hydrogens is 314 g/mol. The Kier molecular flexibility index (Phi) is 5.43. The van der Waals surface area contributed by atoms with Gasteiger partial charge >= 0.3 is 0 Å². The quantitative estimate of drug-likeness (QED) is 0.864. The van der Waals surface area contributed by atoms with Crippen molar-refractivity contribution in [3.8, 4) is 0 Å². The first-order valence-electron chi connectivity index (χ1n) is 8.67. The minimum Gasteiger partial charge on any atom is -0.341 e. The van der Waals surface area contributed by atoms with Gasteiger partial charge in [0.25, 0.3) is 5.91 Å². The summed E-state index contributed by atoms with van der Waals surface area (Å²) in [6.45, 7) is 4.51. The van der Waals surface area contributed by atoms with Crippen molar-refractivity contribution in [2.45, 2.75) is 19.8 Å². The predicted octanol–water partition coefficient (Wildman–Crippen LogP) is 2.31. The molecule has 1 aromatic heterocycles. The third-order valence-corrected chi connectivity index (χ3v) is 4.50. The number of amides is 2. The Bertz CT molecular complexity index is 728. The third-order valence-electron chi connectivity index (χ3n) is 4.50. The highest BCUT2D eigenvalue weighted by atomic mass is 16.2. The lowest BCUT2D eigenvalue weighted by Crippen LogP contribution is -2.38. The van der Waals surface area contributed by atoms with Crippen molar-refractivity contribution in [3.63, 3.8) is 0 Å². The van der Waals surface area contributed by atoms with Gasteiger partial charge in [-0.25, -0.2) is 0 Å². The average Bonchev–Trinajstić information content (AvgIpc) is 2.90. The summed E-state index contributed by atoms with van der Waals surface area (Å²) >= 11 is 0. The minimum absolute atomic E-state index is 0.0616. The second-order valence-electron chi connectivity index (χ2n) is 6.40. The lowest BCUT2D eigenvalue weighted by molar-refractivity contribution is -0.130. The van der Waals surface area contributed by atoms with E-state index in [9.17, 15) is 9.59 Å². The van der Waals surface area contributed by atoms with E-state index < -0.39 is 0 Å². The van der Waals surface area contributed by atoms with E-state index in [1.807, 2.05) is 42.2 Å². The predicted molar refractivity (Wildman–Crippen MR) is 96.2 cm³/mol. The minimum atomic E-state index is -0.0616. The van der Waals surface area contributed by atoms with Crippen LogP contribution in [0.15, 0.2) is 48.7 Å². The number of pyridine rings is 1. The number of nitrogens with zero attached hydrogens (tertiary/aromatic N) is 3. The number of carbonyl (C=O) groups is 2. The molecule has 1 saturated heterocycles. The molecule has 0 radical (unpaired) electrons. The van der Waals surface area contributed by atoms with Gasteiger partial charge in [-0.1, -0.05) is 35.9 Å². The maximum atomic E-state index is 12.6. The van der Waals surface area contributed by atoms with Gasteiger partial charge in [0.1, 0.15) is 5.69 Å². The number of hydrogen-bond acceptors (Lipinski definition) is 3. The van der Waals surface area contributed by atoms with Crippen molar-refractivity contribution >= 4 is 11.8 Å². The normalized spacial score (nSPS) is 14.9. The first-order chi connectivity index (χ1) is 12.1. The number of aryl methyl sites for hydroxylation is 1. The zero-order valence-electron chi connectivity index (χ0n) is 14.5. The summed E-state index contributed by atoms with van der Waals surface area (Å²) in [5, 5.41) is 0. The summed E-state index contributed by atoms with van der Waals surface area (Å²) in [4.78, 5) is 32.9. The van der Waals surface area contributed by atoms with Crippen LogP contribution in [0.2, 0.25) is 0 Å². The van der Waals surface area contributed by atoms with E-state index in [4.69, 9.17) is 0 Å². The number of hydrogen-bond donors (Lipinski definition) is 0. The molecule has 0 N–H and O–H groups in total. The number of carbonyl (C=O) groups excluding carboxylic acids is 2.